The fraction of sp³-hybridized carbons (Fsp3) is 0.615. The second-order valence-corrected chi connectivity index (χ2v) is 11.4. The first kappa shape index (κ1) is 29.2. The Bertz CT molecular complexity index is 725. The molecule has 1 aliphatic rings. The van der Waals surface area contributed by atoms with E-state index in [4.69, 9.17) is 0 Å². The Balaban J connectivity index is 0.00000125. The van der Waals surface area contributed by atoms with Crippen molar-refractivity contribution in [3.63, 3.8) is 0 Å². The molecule has 0 saturated heterocycles. The van der Waals surface area contributed by atoms with Crippen LogP contribution in [-0.4, -0.2) is 26.0 Å². The first-order valence-corrected chi connectivity index (χ1v) is 12.9. The molecule has 1 aliphatic carbocycles. The Kier molecular flexibility index (Phi) is 12.0. The molecular weight excluding hydrogens is 418 g/mol. The van der Waals surface area contributed by atoms with Crippen LogP contribution in [0.4, 0.5) is 0 Å². The SMILES string of the molecule is C=CC=CC.CCCCC1(CC(C)(C)N(C)[Si](C)=O)c2ccccc2CC1(C)C.[Ti+2]. The molecule has 0 saturated carbocycles. The van der Waals surface area contributed by atoms with Gasteiger partial charge in [-0.25, -0.2) is 0 Å². The average molecular weight is 462 g/mol. The maximum absolute atomic E-state index is 12.2. The first-order chi connectivity index (χ1) is 13.5. The van der Waals surface area contributed by atoms with Gasteiger partial charge < -0.3 is 9.03 Å². The summed E-state index contributed by atoms with van der Waals surface area (Å²) in [4.78, 5) is 0. The molecule has 4 heteroatoms. The summed E-state index contributed by atoms with van der Waals surface area (Å²) in [5.41, 5.74) is 3.37. The van der Waals surface area contributed by atoms with Gasteiger partial charge in [0.25, 0.3) is 0 Å². The van der Waals surface area contributed by atoms with Crippen LogP contribution >= 0.6 is 0 Å². The van der Waals surface area contributed by atoms with Gasteiger partial charge >= 0.3 is 30.6 Å². The quantitative estimate of drug-likeness (QED) is 0.304. The number of benzene rings is 1. The van der Waals surface area contributed by atoms with Crippen molar-refractivity contribution in [2.75, 3.05) is 7.05 Å². The molecule has 0 fully saturated rings. The summed E-state index contributed by atoms with van der Waals surface area (Å²) < 4.78 is 14.3. The minimum Gasteiger partial charge on any atom is -0.375 e. The second kappa shape index (κ2) is 12.3. The predicted octanol–water partition coefficient (Wildman–Crippen LogP) is 7.09. The molecule has 1 aromatic carbocycles. The van der Waals surface area contributed by atoms with Crippen LogP contribution in [0.15, 0.2) is 49.1 Å². The Morgan fingerprint density at radius 3 is 2.33 bits per heavy atom. The van der Waals surface area contributed by atoms with Crippen LogP contribution in [0.25, 0.3) is 0 Å². The molecule has 0 heterocycles. The smallest absolute Gasteiger partial charge is 0.375 e. The molecule has 0 radical (unpaired) electrons. The number of nitrogens with zero attached hydrogens (tertiary/aromatic N) is 1. The van der Waals surface area contributed by atoms with Crippen LogP contribution in [0, 0.1) is 5.41 Å². The van der Waals surface area contributed by atoms with Crippen molar-refractivity contribution >= 4 is 8.84 Å². The Morgan fingerprint density at radius 2 is 1.87 bits per heavy atom. The van der Waals surface area contributed by atoms with Crippen molar-refractivity contribution in [2.24, 2.45) is 5.41 Å². The summed E-state index contributed by atoms with van der Waals surface area (Å²) in [7, 11) is 0.343. The summed E-state index contributed by atoms with van der Waals surface area (Å²) in [6.45, 7) is 19.0. The fourth-order valence-corrected chi connectivity index (χ4v) is 5.88. The van der Waals surface area contributed by atoms with Gasteiger partial charge in [0.15, 0.2) is 0 Å². The van der Waals surface area contributed by atoms with Gasteiger partial charge in [-0.2, -0.15) is 0 Å². The zero-order valence-electron chi connectivity index (χ0n) is 20.6. The van der Waals surface area contributed by atoms with Gasteiger partial charge in [-0.1, -0.05) is 82.7 Å². The molecule has 30 heavy (non-hydrogen) atoms. The van der Waals surface area contributed by atoms with E-state index < -0.39 is 8.84 Å². The van der Waals surface area contributed by atoms with E-state index in [1.165, 1.54) is 24.8 Å². The molecule has 0 aromatic heterocycles. The van der Waals surface area contributed by atoms with E-state index in [1.54, 1.807) is 11.6 Å². The molecule has 0 aliphatic heterocycles. The molecule has 1 atom stereocenters. The Morgan fingerprint density at radius 1 is 1.27 bits per heavy atom. The number of rotatable bonds is 8. The third kappa shape index (κ3) is 6.61. The van der Waals surface area contributed by atoms with Crippen LogP contribution in [0.1, 0.15) is 78.4 Å². The standard InChI is InChI=1S/C21H35NOSi.C5H8.Ti/c1-8-9-14-21(16-20(4,5)22(6)24(7)23)18-13-11-10-12-17(18)15-19(21,2)3;1-3-5-4-2;/h10-13H,8-9,14-16H2,1-7H3;3-5H,1H2,2H3;/q;;+2. The van der Waals surface area contributed by atoms with E-state index in [0.717, 1.165) is 12.8 Å². The average Bonchev–Trinajstić information content (AvgIpc) is 2.86. The summed E-state index contributed by atoms with van der Waals surface area (Å²) >= 11 is 0. The van der Waals surface area contributed by atoms with Crippen molar-refractivity contribution in [3.05, 3.63) is 60.2 Å². The van der Waals surface area contributed by atoms with Crippen LogP contribution in [0.2, 0.25) is 6.55 Å². The molecular formula is C26H43NOSiTi+2. The first-order valence-electron chi connectivity index (χ1n) is 11.1. The Labute approximate surface area is 202 Å². The molecule has 2 rings (SSSR count). The van der Waals surface area contributed by atoms with E-state index in [2.05, 4.69) is 70.0 Å². The van der Waals surface area contributed by atoms with E-state index in [1.807, 2.05) is 32.7 Å². The number of allylic oxidation sites excluding steroid dienone is 3. The van der Waals surface area contributed by atoms with Crippen LogP contribution in [0.5, 0.6) is 0 Å². The number of fused-ring (bicyclic) bond motifs is 1. The molecule has 1 aromatic rings. The normalized spacial score (nSPS) is 19.3. The monoisotopic (exact) mass is 461 g/mol. The summed E-state index contributed by atoms with van der Waals surface area (Å²) in [6, 6.07) is 9.03. The van der Waals surface area contributed by atoms with Crippen molar-refractivity contribution in [1.82, 2.24) is 4.57 Å². The third-order valence-corrected chi connectivity index (χ3v) is 8.41. The van der Waals surface area contributed by atoms with Crippen LogP contribution in [0.3, 0.4) is 0 Å². The summed E-state index contributed by atoms with van der Waals surface area (Å²) in [5, 5.41) is 0. The van der Waals surface area contributed by atoms with Gasteiger partial charge in [0.2, 0.25) is 0 Å². The van der Waals surface area contributed by atoms with Gasteiger partial charge in [0, 0.05) is 18.0 Å². The molecule has 2 nitrogen and oxygen atoms in total. The molecule has 0 N–H and O–H groups in total. The number of hydrogen-bond acceptors (Lipinski definition) is 1. The van der Waals surface area contributed by atoms with E-state index in [0.29, 0.717) is 0 Å². The maximum atomic E-state index is 12.2. The summed E-state index contributed by atoms with van der Waals surface area (Å²) in [5.74, 6) is 0. The maximum Gasteiger partial charge on any atom is 2.00 e. The molecule has 0 spiro atoms. The van der Waals surface area contributed by atoms with Crippen molar-refractivity contribution in [3.8, 4) is 0 Å². The molecule has 1 unspecified atom stereocenters. The van der Waals surface area contributed by atoms with Crippen molar-refractivity contribution in [1.29, 1.82) is 0 Å². The molecule has 164 valence electrons. The minimum absolute atomic E-state index is 0. The topological polar surface area (TPSA) is 20.3 Å². The molecule has 0 amide bonds. The van der Waals surface area contributed by atoms with Gasteiger partial charge in [-0.05, 0) is 63.1 Å². The van der Waals surface area contributed by atoms with Gasteiger partial charge in [-0.15, -0.1) is 0 Å². The van der Waals surface area contributed by atoms with Crippen molar-refractivity contribution in [2.45, 2.75) is 91.1 Å². The second-order valence-electron chi connectivity index (χ2n) is 9.73. The van der Waals surface area contributed by atoms with Crippen LogP contribution < -0.4 is 0 Å². The van der Waals surface area contributed by atoms with Gasteiger partial charge in [0.05, 0.1) is 0 Å². The number of hydrogen-bond donors (Lipinski definition) is 0. The summed E-state index contributed by atoms with van der Waals surface area (Å²) in [6.07, 6.45) is 11.5. The molecule has 0 bridgehead atoms. The fourth-order valence-electron chi connectivity index (χ4n) is 4.95. The van der Waals surface area contributed by atoms with Gasteiger partial charge in [0.1, 0.15) is 0 Å². The van der Waals surface area contributed by atoms with Crippen molar-refractivity contribution < 1.29 is 26.2 Å². The van der Waals surface area contributed by atoms with E-state index in [9.17, 15) is 4.46 Å². The zero-order valence-corrected chi connectivity index (χ0v) is 23.2. The van der Waals surface area contributed by atoms with Gasteiger partial charge in [-0.3, -0.25) is 0 Å². The third-order valence-electron chi connectivity index (χ3n) is 6.86. The van der Waals surface area contributed by atoms with E-state index in [-0.39, 0.29) is 38.1 Å². The van der Waals surface area contributed by atoms with E-state index >= 15 is 0 Å². The minimum atomic E-state index is -1.69. The largest absolute Gasteiger partial charge is 2.00 e. The zero-order chi connectivity index (χ0) is 22.3. The van der Waals surface area contributed by atoms with Crippen LogP contribution in [-0.2, 0) is 38.0 Å². The number of unbranched alkanes of at least 4 members (excludes halogenated alkanes) is 1. The predicted molar refractivity (Wildman–Crippen MR) is 129 cm³/mol. The Hall–Kier alpha value is -0.769.